The number of anilines is 1. The van der Waals surface area contributed by atoms with E-state index in [4.69, 9.17) is 4.74 Å². The number of hydrogen-bond acceptors (Lipinski definition) is 4. The third-order valence-corrected chi connectivity index (χ3v) is 5.13. The van der Waals surface area contributed by atoms with Crippen molar-refractivity contribution in [3.63, 3.8) is 0 Å². The first kappa shape index (κ1) is 17.7. The summed E-state index contributed by atoms with van der Waals surface area (Å²) in [6.45, 7) is 2.68. The summed E-state index contributed by atoms with van der Waals surface area (Å²) in [7, 11) is -3.70. The third-order valence-electron chi connectivity index (χ3n) is 3.12. The van der Waals surface area contributed by atoms with Crippen LogP contribution in [0.15, 0.2) is 52.0 Å². The number of nitrogens with one attached hydrogen (secondary N) is 1. The van der Waals surface area contributed by atoms with Gasteiger partial charge in [0.2, 0.25) is 0 Å². The maximum atomic E-state index is 12.4. The van der Waals surface area contributed by atoms with E-state index in [2.05, 4.69) is 32.6 Å². The molecule has 0 saturated heterocycles. The highest BCUT2D eigenvalue weighted by Crippen LogP contribution is 2.28. The lowest BCUT2D eigenvalue weighted by molar-refractivity contribution is 0.303. The number of halogens is 1. The second-order valence-electron chi connectivity index (χ2n) is 4.97. The average molecular weight is 399 g/mol. The van der Waals surface area contributed by atoms with Crippen molar-refractivity contribution in [2.75, 3.05) is 11.3 Å². The van der Waals surface area contributed by atoms with Crippen LogP contribution in [-0.2, 0) is 10.0 Å². The summed E-state index contributed by atoms with van der Waals surface area (Å²) >= 11 is 3.38. The molecule has 1 heterocycles. The first-order chi connectivity index (χ1) is 11.0. The van der Waals surface area contributed by atoms with Gasteiger partial charge in [0.25, 0.3) is 10.0 Å². The number of rotatable bonds is 8. The van der Waals surface area contributed by atoms with E-state index in [9.17, 15) is 8.42 Å². The smallest absolute Gasteiger partial charge is 0.263 e. The molecule has 0 aliphatic heterocycles. The monoisotopic (exact) mass is 398 g/mol. The zero-order valence-corrected chi connectivity index (χ0v) is 15.2. The fourth-order valence-corrected chi connectivity index (χ4v) is 3.30. The molecule has 0 spiro atoms. The van der Waals surface area contributed by atoms with E-state index in [-0.39, 0.29) is 10.7 Å². The van der Waals surface area contributed by atoms with Gasteiger partial charge < -0.3 is 4.74 Å². The van der Waals surface area contributed by atoms with Gasteiger partial charge in [-0.3, -0.25) is 4.72 Å². The SMILES string of the molecule is CCCCCOc1cc(S(=O)(=O)Nc2ccccn2)ccc1Br. The Bertz CT molecular complexity index is 736. The summed E-state index contributed by atoms with van der Waals surface area (Å²) in [4.78, 5) is 4.10. The number of unbranched alkanes of at least 4 members (excludes halogenated alkanes) is 2. The van der Waals surface area contributed by atoms with Crippen LogP contribution in [0.25, 0.3) is 0 Å². The van der Waals surface area contributed by atoms with Crippen molar-refractivity contribution in [1.82, 2.24) is 4.98 Å². The van der Waals surface area contributed by atoms with Crippen molar-refractivity contribution in [2.24, 2.45) is 0 Å². The van der Waals surface area contributed by atoms with E-state index in [0.29, 0.717) is 12.4 Å². The molecule has 1 aromatic heterocycles. The molecule has 0 saturated carbocycles. The summed E-state index contributed by atoms with van der Waals surface area (Å²) < 4.78 is 33.7. The van der Waals surface area contributed by atoms with E-state index < -0.39 is 10.0 Å². The van der Waals surface area contributed by atoms with Gasteiger partial charge in [0.1, 0.15) is 11.6 Å². The third kappa shape index (κ3) is 5.21. The average Bonchev–Trinajstić information content (AvgIpc) is 2.53. The lowest BCUT2D eigenvalue weighted by Crippen LogP contribution is -2.14. The number of sulfonamides is 1. The van der Waals surface area contributed by atoms with E-state index in [1.165, 1.54) is 18.3 Å². The molecular weight excluding hydrogens is 380 g/mol. The molecule has 1 aromatic carbocycles. The number of ether oxygens (including phenoxy) is 1. The van der Waals surface area contributed by atoms with Gasteiger partial charge in [-0.05, 0) is 46.6 Å². The second-order valence-corrected chi connectivity index (χ2v) is 7.51. The van der Waals surface area contributed by atoms with E-state index in [0.717, 1.165) is 23.7 Å². The fourth-order valence-electron chi connectivity index (χ4n) is 1.92. The molecule has 0 radical (unpaired) electrons. The molecule has 0 unspecified atom stereocenters. The Kier molecular flexibility index (Phi) is 6.41. The molecule has 1 N–H and O–H groups in total. The number of aromatic nitrogens is 1. The van der Waals surface area contributed by atoms with E-state index in [1.807, 2.05) is 0 Å². The predicted octanol–water partition coefficient (Wildman–Crippen LogP) is 4.21. The van der Waals surface area contributed by atoms with Gasteiger partial charge in [0.05, 0.1) is 16.0 Å². The van der Waals surface area contributed by atoms with Crippen molar-refractivity contribution in [3.8, 4) is 5.75 Å². The minimum absolute atomic E-state index is 0.136. The van der Waals surface area contributed by atoms with Crippen molar-refractivity contribution < 1.29 is 13.2 Å². The molecule has 0 amide bonds. The van der Waals surface area contributed by atoms with Gasteiger partial charge in [-0.25, -0.2) is 13.4 Å². The molecule has 0 atom stereocenters. The van der Waals surface area contributed by atoms with Crippen LogP contribution in [0.4, 0.5) is 5.82 Å². The Labute approximate surface area is 145 Å². The summed E-state index contributed by atoms with van der Waals surface area (Å²) in [5, 5.41) is 0. The van der Waals surface area contributed by atoms with Crippen LogP contribution < -0.4 is 9.46 Å². The highest BCUT2D eigenvalue weighted by Gasteiger charge is 2.17. The maximum absolute atomic E-state index is 12.4. The zero-order chi connectivity index (χ0) is 16.7. The fraction of sp³-hybridized carbons (Fsp3) is 0.312. The standard InChI is InChI=1S/C16H19BrN2O3S/c1-2-3-6-11-22-15-12-13(8-9-14(15)17)23(20,21)19-16-7-4-5-10-18-16/h4-5,7-10,12H,2-3,6,11H2,1H3,(H,18,19). The molecule has 2 rings (SSSR count). The Morgan fingerprint density at radius 1 is 1.22 bits per heavy atom. The van der Waals surface area contributed by atoms with Gasteiger partial charge in [-0.15, -0.1) is 0 Å². The lowest BCUT2D eigenvalue weighted by Gasteiger charge is -2.11. The summed E-state index contributed by atoms with van der Waals surface area (Å²) in [5.74, 6) is 0.797. The Morgan fingerprint density at radius 2 is 2.04 bits per heavy atom. The molecule has 2 aromatic rings. The first-order valence-corrected chi connectivity index (χ1v) is 9.67. The lowest BCUT2D eigenvalue weighted by atomic mass is 10.3. The van der Waals surface area contributed by atoms with Gasteiger partial charge in [-0.2, -0.15) is 0 Å². The molecule has 0 aliphatic rings. The number of nitrogens with zero attached hydrogens (tertiary/aromatic N) is 1. The number of pyridine rings is 1. The highest BCUT2D eigenvalue weighted by atomic mass is 79.9. The van der Waals surface area contributed by atoms with Crippen LogP contribution in [0, 0.1) is 0 Å². The summed E-state index contributed by atoms with van der Waals surface area (Å²) in [6, 6.07) is 9.74. The first-order valence-electron chi connectivity index (χ1n) is 7.39. The molecule has 23 heavy (non-hydrogen) atoms. The van der Waals surface area contributed by atoms with Gasteiger partial charge in [-0.1, -0.05) is 25.8 Å². The van der Waals surface area contributed by atoms with Crippen LogP contribution in [0.2, 0.25) is 0 Å². The molecule has 0 bridgehead atoms. The molecule has 5 nitrogen and oxygen atoms in total. The van der Waals surface area contributed by atoms with Crippen molar-refractivity contribution >= 4 is 31.8 Å². The van der Waals surface area contributed by atoms with Gasteiger partial charge in [0.15, 0.2) is 0 Å². The molecular formula is C16H19BrN2O3S. The maximum Gasteiger partial charge on any atom is 0.263 e. The van der Waals surface area contributed by atoms with E-state index >= 15 is 0 Å². The summed E-state index contributed by atoms with van der Waals surface area (Å²) in [6.07, 6.45) is 4.65. The highest BCUT2D eigenvalue weighted by molar-refractivity contribution is 9.10. The van der Waals surface area contributed by atoms with Gasteiger partial charge in [0, 0.05) is 12.3 Å². The van der Waals surface area contributed by atoms with Crippen LogP contribution in [0.1, 0.15) is 26.2 Å². The van der Waals surface area contributed by atoms with Crippen molar-refractivity contribution in [1.29, 1.82) is 0 Å². The van der Waals surface area contributed by atoms with E-state index in [1.54, 1.807) is 24.3 Å². The largest absolute Gasteiger partial charge is 0.492 e. The van der Waals surface area contributed by atoms with Crippen LogP contribution in [0.5, 0.6) is 5.75 Å². The molecule has 7 heteroatoms. The van der Waals surface area contributed by atoms with Crippen LogP contribution in [-0.4, -0.2) is 20.0 Å². The van der Waals surface area contributed by atoms with Crippen molar-refractivity contribution in [3.05, 3.63) is 47.1 Å². The predicted molar refractivity (Wildman–Crippen MR) is 94.2 cm³/mol. The Balaban J connectivity index is 2.15. The van der Waals surface area contributed by atoms with Crippen LogP contribution >= 0.6 is 15.9 Å². The molecule has 0 aliphatic carbocycles. The van der Waals surface area contributed by atoms with Crippen LogP contribution in [0.3, 0.4) is 0 Å². The zero-order valence-electron chi connectivity index (χ0n) is 12.8. The normalized spacial score (nSPS) is 11.2. The second kappa shape index (κ2) is 8.31. The minimum atomic E-state index is -3.70. The topological polar surface area (TPSA) is 68.3 Å². The molecule has 124 valence electrons. The number of hydrogen-bond donors (Lipinski definition) is 1. The molecule has 0 fully saturated rings. The Hall–Kier alpha value is -1.60. The minimum Gasteiger partial charge on any atom is -0.492 e. The number of benzene rings is 1. The van der Waals surface area contributed by atoms with Gasteiger partial charge >= 0.3 is 0 Å². The summed E-state index contributed by atoms with van der Waals surface area (Å²) in [5.41, 5.74) is 0. The Morgan fingerprint density at radius 3 is 2.74 bits per heavy atom. The van der Waals surface area contributed by atoms with Crippen molar-refractivity contribution in [2.45, 2.75) is 31.1 Å². The quantitative estimate of drug-likeness (QED) is 0.675.